The third kappa shape index (κ3) is 3.95. The summed E-state index contributed by atoms with van der Waals surface area (Å²) in [4.78, 5) is 35.8. The van der Waals surface area contributed by atoms with Gasteiger partial charge in [-0.15, -0.1) is 0 Å². The Morgan fingerprint density at radius 2 is 1.67 bits per heavy atom. The first-order valence-corrected chi connectivity index (χ1v) is 7.18. The van der Waals surface area contributed by atoms with Gasteiger partial charge in [-0.05, 0) is 31.2 Å². The SMILES string of the molecule is C[C@@H](OC(=O)c1ccc([N+](=O)[O-])cc1)C(=O)N(C)c1ccccc1. The van der Waals surface area contributed by atoms with Crippen molar-refractivity contribution in [2.45, 2.75) is 13.0 Å². The highest BCUT2D eigenvalue weighted by Crippen LogP contribution is 2.16. The molecular formula is C17H16N2O5. The van der Waals surface area contributed by atoms with Crippen LogP contribution >= 0.6 is 0 Å². The van der Waals surface area contributed by atoms with E-state index in [2.05, 4.69) is 0 Å². The molecule has 0 spiro atoms. The molecule has 0 unspecified atom stereocenters. The molecule has 0 bridgehead atoms. The molecule has 0 heterocycles. The molecule has 0 N–H and O–H groups in total. The number of anilines is 1. The van der Waals surface area contributed by atoms with E-state index in [4.69, 9.17) is 4.74 Å². The largest absolute Gasteiger partial charge is 0.449 e. The molecule has 7 nitrogen and oxygen atoms in total. The predicted octanol–water partition coefficient (Wildman–Crippen LogP) is 2.80. The monoisotopic (exact) mass is 328 g/mol. The van der Waals surface area contributed by atoms with Crippen molar-refractivity contribution in [2.75, 3.05) is 11.9 Å². The second kappa shape index (κ2) is 7.36. The van der Waals surface area contributed by atoms with Crippen molar-refractivity contribution < 1.29 is 19.2 Å². The number of hydrogen-bond donors (Lipinski definition) is 0. The third-order valence-electron chi connectivity index (χ3n) is 3.42. The topological polar surface area (TPSA) is 89.7 Å². The maximum atomic E-state index is 12.3. The van der Waals surface area contributed by atoms with Gasteiger partial charge in [0.05, 0.1) is 10.5 Å². The van der Waals surface area contributed by atoms with E-state index < -0.39 is 17.0 Å². The number of nitrogens with zero attached hydrogens (tertiary/aromatic N) is 2. The van der Waals surface area contributed by atoms with Crippen LogP contribution in [0.4, 0.5) is 11.4 Å². The van der Waals surface area contributed by atoms with Gasteiger partial charge in [-0.1, -0.05) is 18.2 Å². The third-order valence-corrected chi connectivity index (χ3v) is 3.42. The quantitative estimate of drug-likeness (QED) is 0.478. The Morgan fingerprint density at radius 1 is 1.08 bits per heavy atom. The zero-order valence-corrected chi connectivity index (χ0v) is 13.2. The van der Waals surface area contributed by atoms with Crippen molar-refractivity contribution in [3.63, 3.8) is 0 Å². The molecule has 0 saturated heterocycles. The van der Waals surface area contributed by atoms with Crippen LogP contribution in [0, 0.1) is 10.1 Å². The highest BCUT2D eigenvalue weighted by Gasteiger charge is 2.23. The first-order chi connectivity index (χ1) is 11.4. The Labute approximate surface area is 138 Å². The van der Waals surface area contributed by atoms with Crippen LogP contribution in [0.5, 0.6) is 0 Å². The molecule has 24 heavy (non-hydrogen) atoms. The van der Waals surface area contributed by atoms with Crippen LogP contribution < -0.4 is 4.90 Å². The van der Waals surface area contributed by atoms with Gasteiger partial charge in [0.2, 0.25) is 0 Å². The minimum Gasteiger partial charge on any atom is -0.449 e. The number of nitro groups is 1. The van der Waals surface area contributed by atoms with Crippen LogP contribution in [0.2, 0.25) is 0 Å². The van der Waals surface area contributed by atoms with Crippen molar-refractivity contribution in [3.8, 4) is 0 Å². The van der Waals surface area contributed by atoms with E-state index in [0.29, 0.717) is 5.69 Å². The minimum absolute atomic E-state index is 0.125. The van der Waals surface area contributed by atoms with E-state index in [1.54, 1.807) is 31.3 Å². The van der Waals surface area contributed by atoms with Crippen LogP contribution in [0.25, 0.3) is 0 Å². The van der Waals surface area contributed by atoms with Crippen LogP contribution in [-0.4, -0.2) is 30.0 Å². The maximum absolute atomic E-state index is 12.3. The van der Waals surface area contributed by atoms with Gasteiger partial charge in [-0.2, -0.15) is 0 Å². The number of para-hydroxylation sites is 1. The van der Waals surface area contributed by atoms with Gasteiger partial charge in [0.15, 0.2) is 6.10 Å². The van der Waals surface area contributed by atoms with Gasteiger partial charge in [-0.25, -0.2) is 4.79 Å². The van der Waals surface area contributed by atoms with Crippen LogP contribution in [-0.2, 0) is 9.53 Å². The number of likely N-dealkylation sites (N-methyl/N-ethyl adjacent to an activating group) is 1. The molecule has 2 aromatic rings. The molecule has 0 fully saturated rings. The lowest BCUT2D eigenvalue weighted by Crippen LogP contribution is -2.37. The predicted molar refractivity (Wildman–Crippen MR) is 87.8 cm³/mol. The van der Waals surface area contributed by atoms with Crippen molar-refractivity contribution in [3.05, 3.63) is 70.3 Å². The summed E-state index contributed by atoms with van der Waals surface area (Å²) in [5.41, 5.74) is 0.697. The number of rotatable bonds is 5. The number of carbonyl (C=O) groups is 2. The van der Waals surface area contributed by atoms with E-state index in [9.17, 15) is 19.7 Å². The second-order valence-electron chi connectivity index (χ2n) is 5.08. The zero-order valence-electron chi connectivity index (χ0n) is 13.2. The van der Waals surface area contributed by atoms with E-state index in [1.165, 1.54) is 36.1 Å². The summed E-state index contributed by atoms with van der Waals surface area (Å²) in [6.07, 6.45) is -0.988. The number of amides is 1. The second-order valence-corrected chi connectivity index (χ2v) is 5.08. The Kier molecular flexibility index (Phi) is 5.26. The fourth-order valence-electron chi connectivity index (χ4n) is 2.05. The van der Waals surface area contributed by atoms with E-state index in [-0.39, 0.29) is 17.2 Å². The lowest BCUT2D eigenvalue weighted by atomic mass is 10.2. The van der Waals surface area contributed by atoms with Crippen molar-refractivity contribution in [1.82, 2.24) is 0 Å². The van der Waals surface area contributed by atoms with E-state index in [1.807, 2.05) is 6.07 Å². The molecule has 2 rings (SSSR count). The normalized spacial score (nSPS) is 11.4. The number of carbonyl (C=O) groups excluding carboxylic acids is 2. The first-order valence-electron chi connectivity index (χ1n) is 7.18. The van der Waals surface area contributed by atoms with E-state index in [0.717, 1.165) is 0 Å². The summed E-state index contributed by atoms with van der Waals surface area (Å²) < 4.78 is 5.14. The fourth-order valence-corrected chi connectivity index (χ4v) is 2.05. The highest BCUT2D eigenvalue weighted by atomic mass is 16.6. The Balaban J connectivity index is 2.02. The van der Waals surface area contributed by atoms with Gasteiger partial charge >= 0.3 is 5.97 Å². The van der Waals surface area contributed by atoms with Crippen LogP contribution in [0.3, 0.4) is 0 Å². The molecule has 7 heteroatoms. The number of esters is 1. The van der Waals surface area contributed by atoms with Crippen LogP contribution in [0.15, 0.2) is 54.6 Å². The Hall–Kier alpha value is -3.22. The fraction of sp³-hybridized carbons (Fsp3) is 0.176. The smallest absolute Gasteiger partial charge is 0.338 e. The van der Waals surface area contributed by atoms with Crippen molar-refractivity contribution in [2.24, 2.45) is 0 Å². The maximum Gasteiger partial charge on any atom is 0.338 e. The summed E-state index contributed by atoms with van der Waals surface area (Å²) in [6, 6.07) is 14.0. The molecule has 0 aromatic heterocycles. The highest BCUT2D eigenvalue weighted by molar-refractivity contribution is 5.98. The number of benzene rings is 2. The average molecular weight is 328 g/mol. The lowest BCUT2D eigenvalue weighted by Gasteiger charge is -2.21. The van der Waals surface area contributed by atoms with Crippen LogP contribution in [0.1, 0.15) is 17.3 Å². The molecule has 0 aliphatic heterocycles. The molecule has 1 atom stereocenters. The number of nitro benzene ring substituents is 1. The number of non-ortho nitro benzene ring substituents is 1. The zero-order chi connectivity index (χ0) is 17.7. The molecule has 124 valence electrons. The Morgan fingerprint density at radius 3 is 2.21 bits per heavy atom. The number of ether oxygens (including phenoxy) is 1. The van der Waals surface area contributed by atoms with Gasteiger partial charge in [0.25, 0.3) is 11.6 Å². The molecular weight excluding hydrogens is 312 g/mol. The number of hydrogen-bond acceptors (Lipinski definition) is 5. The lowest BCUT2D eigenvalue weighted by molar-refractivity contribution is -0.384. The van der Waals surface area contributed by atoms with Gasteiger partial charge in [-0.3, -0.25) is 14.9 Å². The van der Waals surface area contributed by atoms with Gasteiger partial charge in [0.1, 0.15) is 0 Å². The van der Waals surface area contributed by atoms with Gasteiger partial charge < -0.3 is 9.64 Å². The molecule has 0 aliphatic rings. The summed E-state index contributed by atoms with van der Waals surface area (Å²) in [5, 5.41) is 10.6. The van der Waals surface area contributed by atoms with E-state index >= 15 is 0 Å². The summed E-state index contributed by atoms with van der Waals surface area (Å²) in [6.45, 7) is 1.48. The summed E-state index contributed by atoms with van der Waals surface area (Å²) >= 11 is 0. The summed E-state index contributed by atoms with van der Waals surface area (Å²) in [5.74, 6) is -1.09. The average Bonchev–Trinajstić information content (AvgIpc) is 2.61. The standard InChI is InChI=1S/C17H16N2O5/c1-12(16(20)18(2)14-6-4-3-5-7-14)24-17(21)13-8-10-15(11-9-13)19(22)23/h3-12H,1-2H3/t12-/m1/s1. The van der Waals surface area contributed by atoms with Crippen molar-refractivity contribution >= 4 is 23.3 Å². The minimum atomic E-state index is -0.988. The molecule has 0 radical (unpaired) electrons. The molecule has 0 aliphatic carbocycles. The molecule has 0 saturated carbocycles. The molecule has 1 amide bonds. The summed E-state index contributed by atoms with van der Waals surface area (Å²) in [7, 11) is 1.59. The first kappa shape index (κ1) is 17.1. The van der Waals surface area contributed by atoms with Crippen molar-refractivity contribution in [1.29, 1.82) is 0 Å². The van der Waals surface area contributed by atoms with Gasteiger partial charge in [0, 0.05) is 24.9 Å². The Bertz CT molecular complexity index is 743. The molecule has 2 aromatic carbocycles.